The first-order valence-electron chi connectivity index (χ1n) is 1.34. The minimum atomic E-state index is -5.39. The number of phosphoric acid groups is 1. The van der Waals surface area contributed by atoms with Crippen LogP contribution in [0.1, 0.15) is 0 Å². The van der Waals surface area contributed by atoms with E-state index in [0.717, 1.165) is 0 Å². The van der Waals surface area contributed by atoms with E-state index in [-0.39, 0.29) is 83.5 Å². The number of carbonyl (C=O) groups is 1. The molecule has 0 aliphatic carbocycles. The Kier molecular flexibility index (Phi) is 25.6. The van der Waals surface area contributed by atoms with Gasteiger partial charge < -0.3 is 34.3 Å². The van der Waals surface area contributed by atoms with Crippen LogP contribution in [0.15, 0.2) is 0 Å². The molecule has 0 aliphatic rings. The maximum absolute atomic E-state index is 8.55. The minimum absolute atomic E-state index is 0. The first kappa shape index (κ1) is 23.2. The van der Waals surface area contributed by atoms with Gasteiger partial charge in [0.2, 0.25) is 0 Å². The molecule has 0 aromatic heterocycles. The second-order valence-electron chi connectivity index (χ2n) is 0.697. The third-order valence-electron chi connectivity index (χ3n) is 0. The third kappa shape index (κ3) is 274. The molecule has 0 fully saturated rings. The Bertz CT molecular complexity index is 116. The second kappa shape index (κ2) is 12.1. The summed E-state index contributed by atoms with van der Waals surface area (Å²) >= 11 is 0. The van der Waals surface area contributed by atoms with Crippen molar-refractivity contribution >= 4 is 14.0 Å². The molecule has 0 aromatic carbocycles. The van der Waals surface area contributed by atoms with Crippen molar-refractivity contribution in [3.63, 3.8) is 0 Å². The van der Waals surface area contributed by atoms with Gasteiger partial charge in [-0.3, -0.25) is 0 Å². The van der Waals surface area contributed by atoms with E-state index in [4.69, 9.17) is 34.3 Å². The molecule has 0 bridgehead atoms. The Morgan fingerprint density at radius 2 is 1.00 bits per heavy atom. The van der Waals surface area contributed by atoms with Crippen LogP contribution >= 0.6 is 7.82 Å². The maximum atomic E-state index is 8.55. The monoisotopic (exact) mass is 435 g/mol. The van der Waals surface area contributed by atoms with Gasteiger partial charge in [-0.1, -0.05) is 0 Å². The Hall–Kier alpha value is 2.13. The second-order valence-corrected chi connectivity index (χ2v) is 1.59. The van der Waals surface area contributed by atoms with Gasteiger partial charge in [-0.15, -0.1) is 0 Å². The number of hydrogen-bond acceptors (Lipinski definition) is 7. The van der Waals surface area contributed by atoms with Crippen LogP contribution in [-0.4, -0.2) is 6.16 Å². The zero-order valence-electron chi connectivity index (χ0n) is 4.80. The van der Waals surface area contributed by atoms with E-state index < -0.39 is 14.0 Å². The Balaban J connectivity index is -0.0000000383. The molecule has 11 heavy (non-hydrogen) atoms. The SMILES string of the molecule is O=C([O-])[O-].O=P([O-])([O-])[O-].[Ce+3].[Ce+3]. The summed E-state index contributed by atoms with van der Waals surface area (Å²) in [6, 6.07) is 0. The van der Waals surface area contributed by atoms with Crippen LogP contribution in [0, 0.1) is 83.5 Å². The molecule has 58 valence electrons. The summed E-state index contributed by atoms with van der Waals surface area (Å²) in [5.41, 5.74) is 0. The van der Waals surface area contributed by atoms with Gasteiger partial charge in [0.15, 0.2) is 0 Å². The topological polar surface area (TPSA) is 149 Å². The smallest absolute Gasteiger partial charge is 0.822 e. The molecule has 0 heterocycles. The first-order valence-corrected chi connectivity index (χ1v) is 2.80. The summed E-state index contributed by atoms with van der Waals surface area (Å²) in [5, 5.41) is 16.7. The molecule has 0 unspecified atom stereocenters. The van der Waals surface area contributed by atoms with Gasteiger partial charge in [-0.05, 0) is 6.16 Å². The molecule has 0 atom stereocenters. The fourth-order valence-corrected chi connectivity index (χ4v) is 0. The number of carboxylic acid groups (broad SMARTS) is 2. The van der Waals surface area contributed by atoms with Crippen LogP contribution in [-0.2, 0) is 4.57 Å². The Morgan fingerprint density at radius 1 is 1.00 bits per heavy atom. The van der Waals surface area contributed by atoms with Gasteiger partial charge in [0.05, 0.1) is 0 Å². The predicted octanol–water partition coefficient (Wildman–Crippen LogP) is -5.27. The van der Waals surface area contributed by atoms with Crippen LogP contribution in [0.2, 0.25) is 0 Å². The fourth-order valence-electron chi connectivity index (χ4n) is 0. The van der Waals surface area contributed by atoms with E-state index in [9.17, 15) is 0 Å². The van der Waals surface area contributed by atoms with E-state index in [1.54, 1.807) is 0 Å². The van der Waals surface area contributed by atoms with E-state index in [2.05, 4.69) is 0 Å². The summed E-state index contributed by atoms with van der Waals surface area (Å²) in [7, 11) is -5.39. The molecule has 0 aromatic rings. The molecular weight excluding hydrogens is 435 g/mol. The first-order chi connectivity index (χ1) is 3.73. The minimum Gasteiger partial charge on any atom is -0.822 e. The van der Waals surface area contributed by atoms with Crippen molar-refractivity contribution in [2.45, 2.75) is 0 Å². The van der Waals surface area contributed by atoms with Crippen LogP contribution in [0.3, 0.4) is 0 Å². The van der Waals surface area contributed by atoms with Crippen LogP contribution < -0.4 is 24.9 Å². The molecule has 0 aliphatic heterocycles. The molecule has 7 nitrogen and oxygen atoms in total. The van der Waals surface area contributed by atoms with E-state index >= 15 is 0 Å². The molecular formula is CCe2O7P+. The Labute approximate surface area is 129 Å². The van der Waals surface area contributed by atoms with Crippen molar-refractivity contribution in [2.75, 3.05) is 0 Å². The number of hydrogen-bond donors (Lipinski definition) is 0. The zero-order chi connectivity index (χ0) is 8.08. The van der Waals surface area contributed by atoms with Gasteiger partial charge in [-0.25, -0.2) is 0 Å². The summed E-state index contributed by atoms with van der Waals surface area (Å²) in [6.07, 6.45) is -2.33. The van der Waals surface area contributed by atoms with Crippen molar-refractivity contribution < 1.29 is 118 Å². The number of carbonyl (C=O) groups excluding carboxylic acids is 1. The van der Waals surface area contributed by atoms with E-state index in [1.165, 1.54) is 0 Å². The normalized spacial score (nSPS) is 7.55. The van der Waals surface area contributed by atoms with Crippen molar-refractivity contribution in [1.29, 1.82) is 0 Å². The number of rotatable bonds is 0. The van der Waals surface area contributed by atoms with Crippen molar-refractivity contribution in [3.8, 4) is 0 Å². The Morgan fingerprint density at radius 3 is 1.00 bits per heavy atom. The standard InChI is InChI=1S/CH2O3.2Ce.H3O4P/c2-1(3)4;;;1-5(2,3)4/h(H2,2,3,4);;;(H3,1,2,3,4)/q;2*+3;/p-5. The summed E-state index contributed by atoms with van der Waals surface area (Å²) < 4.78 is 8.55. The van der Waals surface area contributed by atoms with Crippen LogP contribution in [0.25, 0.3) is 0 Å². The van der Waals surface area contributed by atoms with Crippen LogP contribution in [0.5, 0.6) is 0 Å². The van der Waals surface area contributed by atoms with Crippen molar-refractivity contribution in [2.24, 2.45) is 0 Å². The van der Waals surface area contributed by atoms with Gasteiger partial charge in [0, 0.05) is 0 Å². The average Bonchev–Trinajstić information content (AvgIpc) is 1.19. The molecule has 0 saturated heterocycles. The van der Waals surface area contributed by atoms with Gasteiger partial charge >= 0.3 is 83.5 Å². The van der Waals surface area contributed by atoms with Gasteiger partial charge in [0.25, 0.3) is 0 Å². The molecule has 0 N–H and O–H groups in total. The van der Waals surface area contributed by atoms with Gasteiger partial charge in [-0.2, -0.15) is 7.82 Å². The molecule has 0 rings (SSSR count). The van der Waals surface area contributed by atoms with E-state index in [0.29, 0.717) is 0 Å². The molecule has 10 heteroatoms. The fraction of sp³-hybridized carbons (Fsp3) is 0. The third-order valence-corrected chi connectivity index (χ3v) is 0. The molecule has 0 amide bonds. The molecule has 2 radical (unpaired) electrons. The molecule has 0 saturated carbocycles. The largest absolute Gasteiger partial charge is 3.00 e. The summed E-state index contributed by atoms with van der Waals surface area (Å²) in [6.45, 7) is 0. The quantitative estimate of drug-likeness (QED) is 0.345. The summed E-state index contributed by atoms with van der Waals surface area (Å²) in [5.74, 6) is 0. The summed E-state index contributed by atoms with van der Waals surface area (Å²) in [4.78, 5) is 34.0. The molecule has 0 spiro atoms. The van der Waals surface area contributed by atoms with E-state index in [1.807, 2.05) is 0 Å². The zero-order valence-corrected chi connectivity index (χ0v) is 12.0. The van der Waals surface area contributed by atoms with Crippen LogP contribution in [0.4, 0.5) is 4.79 Å². The predicted molar refractivity (Wildman–Crippen MR) is 13.0 cm³/mol. The van der Waals surface area contributed by atoms with Gasteiger partial charge in [0.1, 0.15) is 0 Å². The maximum Gasteiger partial charge on any atom is 3.00 e. The van der Waals surface area contributed by atoms with Crippen molar-refractivity contribution in [3.05, 3.63) is 0 Å². The average molecular weight is 435 g/mol. The van der Waals surface area contributed by atoms with Crippen molar-refractivity contribution in [1.82, 2.24) is 0 Å².